The van der Waals surface area contributed by atoms with E-state index in [9.17, 15) is 9.59 Å². The molecule has 0 fully saturated rings. The van der Waals surface area contributed by atoms with Crippen molar-refractivity contribution in [1.29, 1.82) is 0 Å². The van der Waals surface area contributed by atoms with Crippen molar-refractivity contribution in [3.05, 3.63) is 88.7 Å². The Balaban J connectivity index is 1.67. The molecule has 180 valence electrons. The maximum Gasteiger partial charge on any atom is 0.343 e. The van der Waals surface area contributed by atoms with Gasteiger partial charge >= 0.3 is 5.97 Å². The third-order valence-electron chi connectivity index (χ3n) is 5.65. The van der Waals surface area contributed by atoms with Gasteiger partial charge in [-0.25, -0.2) is 4.79 Å². The number of esters is 1. The van der Waals surface area contributed by atoms with Gasteiger partial charge in [-0.05, 0) is 54.3 Å². The normalized spacial score (nSPS) is 13.9. The van der Waals surface area contributed by atoms with Crippen molar-refractivity contribution in [3.63, 3.8) is 0 Å². The van der Waals surface area contributed by atoms with Gasteiger partial charge in [0, 0.05) is 11.6 Å². The highest BCUT2D eigenvalue weighted by molar-refractivity contribution is 6.14. The Morgan fingerprint density at radius 3 is 2.43 bits per heavy atom. The van der Waals surface area contributed by atoms with Gasteiger partial charge in [-0.1, -0.05) is 45.0 Å². The minimum atomic E-state index is -0.524. The van der Waals surface area contributed by atoms with Crippen molar-refractivity contribution >= 4 is 17.8 Å². The van der Waals surface area contributed by atoms with E-state index in [1.54, 1.807) is 61.7 Å². The minimum absolute atomic E-state index is 0.0290. The number of allylic oxidation sites excluding steroid dienone is 1. The molecule has 1 heterocycles. The highest BCUT2D eigenvalue weighted by Gasteiger charge is 2.28. The Hall–Kier alpha value is -4.06. The third kappa shape index (κ3) is 5.06. The monoisotopic (exact) mass is 472 g/mol. The predicted octanol–water partition coefficient (Wildman–Crippen LogP) is 6.23. The van der Waals surface area contributed by atoms with Crippen LogP contribution in [-0.2, 0) is 5.41 Å². The zero-order valence-electron chi connectivity index (χ0n) is 20.5. The summed E-state index contributed by atoms with van der Waals surface area (Å²) in [5, 5.41) is 0. The van der Waals surface area contributed by atoms with Crippen LogP contribution in [-0.4, -0.2) is 25.5 Å². The molecule has 6 nitrogen and oxygen atoms in total. The number of carbonyl (C=O) groups excluding carboxylic acids is 2. The standard InChI is InChI=1S/C29H28O6/c1-6-33-23-9-7-8-19(16-25-26(30)22-15-14-21(32-5)17-24(22)34-25)27(23)35-28(31)18-10-12-20(13-11-18)29(2,3)4/h7-17H,6H2,1-5H3/b25-16-. The van der Waals surface area contributed by atoms with E-state index in [0.717, 1.165) is 5.56 Å². The quantitative estimate of drug-likeness (QED) is 0.241. The molecule has 0 atom stereocenters. The van der Waals surface area contributed by atoms with Gasteiger partial charge in [0.15, 0.2) is 17.3 Å². The smallest absolute Gasteiger partial charge is 0.343 e. The highest BCUT2D eigenvalue weighted by atomic mass is 16.6. The summed E-state index contributed by atoms with van der Waals surface area (Å²) >= 11 is 0. The lowest BCUT2D eigenvalue weighted by Crippen LogP contribution is -2.13. The molecule has 1 aliphatic rings. The Labute approximate surface area is 205 Å². The van der Waals surface area contributed by atoms with Crippen LogP contribution in [0.15, 0.2) is 66.4 Å². The summed E-state index contributed by atoms with van der Waals surface area (Å²) in [6.07, 6.45) is 1.56. The third-order valence-corrected chi connectivity index (χ3v) is 5.65. The van der Waals surface area contributed by atoms with Crippen LogP contribution in [0.5, 0.6) is 23.0 Å². The van der Waals surface area contributed by atoms with Crippen LogP contribution in [0.25, 0.3) is 6.08 Å². The molecule has 0 radical (unpaired) electrons. The zero-order chi connectivity index (χ0) is 25.2. The number of para-hydroxylation sites is 1. The van der Waals surface area contributed by atoms with Gasteiger partial charge in [-0.15, -0.1) is 0 Å². The summed E-state index contributed by atoms with van der Waals surface area (Å²) in [4.78, 5) is 25.9. The van der Waals surface area contributed by atoms with Crippen molar-refractivity contribution < 1.29 is 28.5 Å². The fraction of sp³-hybridized carbons (Fsp3) is 0.241. The van der Waals surface area contributed by atoms with E-state index in [1.165, 1.54) is 0 Å². The summed E-state index contributed by atoms with van der Waals surface area (Å²) in [6.45, 7) is 8.55. The molecular formula is C29H28O6. The van der Waals surface area contributed by atoms with Crippen LogP contribution in [0, 0.1) is 0 Å². The first-order valence-corrected chi connectivity index (χ1v) is 11.4. The fourth-order valence-corrected chi connectivity index (χ4v) is 3.72. The van der Waals surface area contributed by atoms with Crippen LogP contribution in [0.1, 0.15) is 59.5 Å². The Bertz CT molecular complexity index is 1300. The molecule has 0 saturated heterocycles. The average Bonchev–Trinajstić information content (AvgIpc) is 3.15. The average molecular weight is 473 g/mol. The first kappa shape index (κ1) is 24.1. The van der Waals surface area contributed by atoms with E-state index < -0.39 is 5.97 Å². The number of rotatable bonds is 6. The number of methoxy groups -OCH3 is 1. The highest BCUT2D eigenvalue weighted by Crippen LogP contribution is 2.38. The summed E-state index contributed by atoms with van der Waals surface area (Å²) in [6, 6.07) is 17.6. The number of benzene rings is 3. The van der Waals surface area contributed by atoms with Gasteiger partial charge in [0.05, 0.1) is 24.8 Å². The van der Waals surface area contributed by atoms with Gasteiger partial charge < -0.3 is 18.9 Å². The Kier molecular flexibility index (Phi) is 6.65. The van der Waals surface area contributed by atoms with Crippen LogP contribution in [0.2, 0.25) is 0 Å². The van der Waals surface area contributed by atoms with E-state index in [1.807, 2.05) is 19.1 Å². The number of ketones is 1. The van der Waals surface area contributed by atoms with Gasteiger partial charge in [0.1, 0.15) is 11.5 Å². The van der Waals surface area contributed by atoms with Gasteiger partial charge in [-0.2, -0.15) is 0 Å². The number of hydrogen-bond acceptors (Lipinski definition) is 6. The molecule has 0 aliphatic carbocycles. The number of hydrogen-bond donors (Lipinski definition) is 0. The fourth-order valence-electron chi connectivity index (χ4n) is 3.72. The maximum absolute atomic E-state index is 13.0. The molecule has 3 aromatic rings. The maximum atomic E-state index is 13.0. The van der Waals surface area contributed by atoms with E-state index in [2.05, 4.69) is 20.8 Å². The van der Waals surface area contributed by atoms with Crippen molar-refractivity contribution in [2.75, 3.05) is 13.7 Å². The van der Waals surface area contributed by atoms with Crippen LogP contribution in [0.3, 0.4) is 0 Å². The molecule has 0 bridgehead atoms. The number of Topliss-reactive ketones (excluding diaryl/α,β-unsaturated/α-hetero) is 1. The van der Waals surface area contributed by atoms with Gasteiger partial charge in [-0.3, -0.25) is 4.79 Å². The first-order valence-electron chi connectivity index (χ1n) is 11.4. The molecule has 0 aromatic heterocycles. The topological polar surface area (TPSA) is 71.1 Å². The Morgan fingerprint density at radius 2 is 1.77 bits per heavy atom. The van der Waals surface area contributed by atoms with Crippen molar-refractivity contribution in [2.24, 2.45) is 0 Å². The van der Waals surface area contributed by atoms with E-state index in [-0.39, 0.29) is 22.7 Å². The van der Waals surface area contributed by atoms with Crippen LogP contribution in [0.4, 0.5) is 0 Å². The van der Waals surface area contributed by atoms with E-state index in [4.69, 9.17) is 18.9 Å². The molecule has 0 saturated carbocycles. The number of carbonyl (C=O) groups is 2. The summed E-state index contributed by atoms with van der Waals surface area (Å²) < 4.78 is 22.5. The molecule has 35 heavy (non-hydrogen) atoms. The molecule has 0 amide bonds. The molecule has 0 spiro atoms. The van der Waals surface area contributed by atoms with Gasteiger partial charge in [0.25, 0.3) is 0 Å². The SMILES string of the molecule is CCOc1cccc(/C=C2\Oc3cc(OC)ccc3C2=O)c1OC(=O)c1ccc(C(C)(C)C)cc1. The molecule has 1 aliphatic heterocycles. The lowest BCUT2D eigenvalue weighted by Gasteiger charge is -2.19. The van der Waals surface area contributed by atoms with Crippen molar-refractivity contribution in [3.8, 4) is 23.0 Å². The van der Waals surface area contributed by atoms with Crippen LogP contribution < -0.4 is 18.9 Å². The zero-order valence-corrected chi connectivity index (χ0v) is 20.5. The molecule has 0 N–H and O–H groups in total. The number of fused-ring (bicyclic) bond motifs is 1. The van der Waals surface area contributed by atoms with Crippen molar-refractivity contribution in [1.82, 2.24) is 0 Å². The van der Waals surface area contributed by atoms with E-state index in [0.29, 0.717) is 40.5 Å². The summed E-state index contributed by atoms with van der Waals surface area (Å²) in [5.41, 5.74) is 2.42. The minimum Gasteiger partial charge on any atom is -0.497 e. The second-order valence-corrected chi connectivity index (χ2v) is 9.13. The molecular weight excluding hydrogens is 444 g/mol. The van der Waals surface area contributed by atoms with E-state index >= 15 is 0 Å². The lowest BCUT2D eigenvalue weighted by atomic mass is 9.87. The second kappa shape index (κ2) is 9.66. The van der Waals surface area contributed by atoms with Gasteiger partial charge in [0.2, 0.25) is 5.78 Å². The second-order valence-electron chi connectivity index (χ2n) is 9.13. The molecule has 6 heteroatoms. The molecule has 4 rings (SSSR count). The van der Waals surface area contributed by atoms with Crippen molar-refractivity contribution in [2.45, 2.75) is 33.1 Å². The van der Waals surface area contributed by atoms with Crippen LogP contribution >= 0.6 is 0 Å². The summed E-state index contributed by atoms with van der Waals surface area (Å²) in [7, 11) is 1.55. The molecule has 3 aromatic carbocycles. The largest absolute Gasteiger partial charge is 0.497 e. The lowest BCUT2D eigenvalue weighted by molar-refractivity contribution is 0.0727. The number of ether oxygens (including phenoxy) is 4. The Morgan fingerprint density at radius 1 is 1.03 bits per heavy atom. The molecule has 0 unspecified atom stereocenters. The first-order chi connectivity index (χ1) is 16.7. The predicted molar refractivity (Wildman–Crippen MR) is 134 cm³/mol. The summed E-state index contributed by atoms with van der Waals surface area (Å²) in [5.74, 6) is 0.947.